The van der Waals surface area contributed by atoms with Gasteiger partial charge in [-0.15, -0.1) is 0 Å². The number of nitrogen functional groups attached to an aromatic ring is 1. The highest BCUT2D eigenvalue weighted by molar-refractivity contribution is 5.94. The van der Waals surface area contributed by atoms with E-state index in [1.54, 1.807) is 24.5 Å². The number of nitrogens with two attached hydrogens (primary N) is 1. The maximum Gasteiger partial charge on any atom is 0.337 e. The van der Waals surface area contributed by atoms with E-state index in [0.29, 0.717) is 5.82 Å². The molecule has 6 heteroatoms. The molecule has 6 nitrogen and oxygen atoms in total. The van der Waals surface area contributed by atoms with E-state index in [0.717, 1.165) is 5.69 Å². The van der Waals surface area contributed by atoms with Gasteiger partial charge in [0.15, 0.2) is 0 Å². The number of hydrogen-bond donors (Lipinski definition) is 3. The topological polar surface area (TPSA) is 101 Å². The summed E-state index contributed by atoms with van der Waals surface area (Å²) in [6, 6.07) is 4.94. The molecule has 0 saturated carbocycles. The van der Waals surface area contributed by atoms with Crippen molar-refractivity contribution in [2.24, 2.45) is 0 Å². The van der Waals surface area contributed by atoms with Crippen LogP contribution < -0.4 is 11.1 Å². The third kappa shape index (κ3) is 2.49. The maximum absolute atomic E-state index is 10.9. The van der Waals surface area contributed by atoms with Gasteiger partial charge in [0.05, 0.1) is 29.3 Å². The zero-order chi connectivity index (χ0) is 12.3. The molecule has 0 spiro atoms. The molecule has 86 valence electrons. The molecule has 0 fully saturated rings. The van der Waals surface area contributed by atoms with Gasteiger partial charge in [-0.05, 0) is 18.2 Å². The second-order valence-electron chi connectivity index (χ2n) is 3.33. The lowest BCUT2D eigenvalue weighted by atomic mass is 10.2. The van der Waals surface area contributed by atoms with Gasteiger partial charge in [0, 0.05) is 6.20 Å². The molecule has 2 rings (SSSR count). The lowest BCUT2D eigenvalue weighted by Gasteiger charge is -2.06. The van der Waals surface area contributed by atoms with E-state index >= 15 is 0 Å². The molecule has 0 aliphatic rings. The number of carbonyl (C=O) groups is 1. The van der Waals surface area contributed by atoms with Crippen molar-refractivity contribution in [3.8, 4) is 0 Å². The number of anilines is 3. The van der Waals surface area contributed by atoms with E-state index in [1.807, 2.05) is 0 Å². The molecule has 4 N–H and O–H groups in total. The molecular weight excluding hydrogens is 220 g/mol. The Kier molecular flexibility index (Phi) is 2.87. The second-order valence-corrected chi connectivity index (χ2v) is 3.33. The van der Waals surface area contributed by atoms with Crippen LogP contribution in [0.5, 0.6) is 0 Å². The molecule has 0 bridgehead atoms. The fourth-order valence-electron chi connectivity index (χ4n) is 1.30. The summed E-state index contributed by atoms with van der Waals surface area (Å²) in [5.74, 6) is -0.677. The number of rotatable bonds is 3. The Bertz CT molecular complexity index is 542. The smallest absolute Gasteiger partial charge is 0.337 e. The highest BCUT2D eigenvalue weighted by atomic mass is 16.4. The Morgan fingerprint density at radius 1 is 1.41 bits per heavy atom. The molecular formula is C11H10N4O2. The Morgan fingerprint density at radius 3 is 2.88 bits per heavy atom. The average Bonchev–Trinajstić information content (AvgIpc) is 2.32. The number of carboxylic acid groups (broad SMARTS) is 1. The molecule has 2 heterocycles. The van der Waals surface area contributed by atoms with Crippen molar-refractivity contribution < 1.29 is 9.90 Å². The van der Waals surface area contributed by atoms with Crippen LogP contribution in [0.15, 0.2) is 36.8 Å². The Hall–Kier alpha value is -2.63. The van der Waals surface area contributed by atoms with E-state index in [9.17, 15) is 4.79 Å². The van der Waals surface area contributed by atoms with Crippen molar-refractivity contribution in [2.45, 2.75) is 0 Å². The van der Waals surface area contributed by atoms with E-state index in [4.69, 9.17) is 10.8 Å². The molecule has 17 heavy (non-hydrogen) atoms. The predicted octanol–water partition coefficient (Wildman–Crippen LogP) is 1.50. The largest absolute Gasteiger partial charge is 0.478 e. The molecule has 0 aliphatic carbocycles. The van der Waals surface area contributed by atoms with Gasteiger partial charge >= 0.3 is 5.97 Å². The first-order valence-electron chi connectivity index (χ1n) is 4.82. The Morgan fingerprint density at radius 2 is 2.24 bits per heavy atom. The third-order valence-electron chi connectivity index (χ3n) is 2.10. The lowest BCUT2D eigenvalue weighted by Crippen LogP contribution is -2.05. The SMILES string of the molecule is Nc1cnc(Nc2cccnc2)cc1C(=O)O. The number of nitrogens with one attached hydrogen (secondary N) is 1. The molecule has 0 aromatic carbocycles. The van der Waals surface area contributed by atoms with Gasteiger partial charge in [0.25, 0.3) is 0 Å². The van der Waals surface area contributed by atoms with Gasteiger partial charge in [-0.2, -0.15) is 0 Å². The van der Waals surface area contributed by atoms with Crippen molar-refractivity contribution in [3.05, 3.63) is 42.4 Å². The minimum Gasteiger partial charge on any atom is -0.478 e. The van der Waals surface area contributed by atoms with Crippen molar-refractivity contribution in [1.29, 1.82) is 0 Å². The third-order valence-corrected chi connectivity index (χ3v) is 2.10. The quantitative estimate of drug-likeness (QED) is 0.738. The zero-order valence-corrected chi connectivity index (χ0v) is 8.79. The van der Waals surface area contributed by atoms with E-state index in [2.05, 4.69) is 15.3 Å². The zero-order valence-electron chi connectivity index (χ0n) is 8.79. The van der Waals surface area contributed by atoms with Gasteiger partial charge in [-0.3, -0.25) is 4.98 Å². The van der Waals surface area contributed by atoms with E-state index < -0.39 is 5.97 Å². The normalized spacial score (nSPS) is 9.88. The summed E-state index contributed by atoms with van der Waals surface area (Å²) >= 11 is 0. The van der Waals surface area contributed by atoms with Crippen molar-refractivity contribution >= 4 is 23.2 Å². The minimum atomic E-state index is -1.08. The van der Waals surface area contributed by atoms with Crippen molar-refractivity contribution in [1.82, 2.24) is 9.97 Å². The number of hydrogen-bond acceptors (Lipinski definition) is 5. The standard InChI is InChI=1S/C11H10N4O2/c12-9-6-14-10(4-8(9)11(16)17)15-7-2-1-3-13-5-7/h1-6H,12H2,(H,14,15)(H,16,17). The molecule has 0 aliphatic heterocycles. The lowest BCUT2D eigenvalue weighted by molar-refractivity contribution is 0.0698. The first-order chi connectivity index (χ1) is 8.16. The minimum absolute atomic E-state index is 0.0198. The highest BCUT2D eigenvalue weighted by Gasteiger charge is 2.09. The van der Waals surface area contributed by atoms with Gasteiger partial charge in [-0.25, -0.2) is 9.78 Å². The monoisotopic (exact) mass is 230 g/mol. The summed E-state index contributed by atoms with van der Waals surface area (Å²) in [4.78, 5) is 18.8. The molecule has 0 amide bonds. The van der Waals surface area contributed by atoms with Gasteiger partial charge in [0.2, 0.25) is 0 Å². The average molecular weight is 230 g/mol. The van der Waals surface area contributed by atoms with Crippen LogP contribution in [0.3, 0.4) is 0 Å². The Labute approximate surface area is 97.1 Å². The van der Waals surface area contributed by atoms with Gasteiger partial charge in [0.1, 0.15) is 5.82 Å². The number of carboxylic acids is 1. The number of aromatic nitrogens is 2. The summed E-state index contributed by atoms with van der Waals surface area (Å²) in [5.41, 5.74) is 6.38. The van der Waals surface area contributed by atoms with Crippen LogP contribution in [-0.4, -0.2) is 21.0 Å². The van der Waals surface area contributed by atoms with Crippen LogP contribution in [-0.2, 0) is 0 Å². The first-order valence-corrected chi connectivity index (χ1v) is 4.82. The van der Waals surface area contributed by atoms with Gasteiger partial charge < -0.3 is 16.2 Å². The van der Waals surface area contributed by atoms with E-state index in [1.165, 1.54) is 12.3 Å². The predicted molar refractivity (Wildman–Crippen MR) is 63.1 cm³/mol. The summed E-state index contributed by atoms with van der Waals surface area (Å²) in [6.45, 7) is 0. The second kappa shape index (κ2) is 4.48. The molecule has 2 aromatic heterocycles. The summed E-state index contributed by atoms with van der Waals surface area (Å²) in [6.07, 6.45) is 4.56. The van der Waals surface area contributed by atoms with Crippen LogP contribution in [0.4, 0.5) is 17.2 Å². The van der Waals surface area contributed by atoms with Crippen molar-refractivity contribution in [2.75, 3.05) is 11.1 Å². The number of pyridine rings is 2. The number of nitrogens with zero attached hydrogens (tertiary/aromatic N) is 2. The Balaban J connectivity index is 2.29. The first kappa shape index (κ1) is 10.9. The van der Waals surface area contributed by atoms with Gasteiger partial charge in [-0.1, -0.05) is 0 Å². The molecule has 0 radical (unpaired) electrons. The fraction of sp³-hybridized carbons (Fsp3) is 0. The summed E-state index contributed by atoms with van der Waals surface area (Å²) in [5, 5.41) is 11.8. The molecule has 0 atom stereocenters. The van der Waals surface area contributed by atoms with Crippen LogP contribution in [0, 0.1) is 0 Å². The molecule has 0 saturated heterocycles. The molecule has 0 unspecified atom stereocenters. The molecule has 2 aromatic rings. The number of aromatic carboxylic acids is 1. The van der Waals surface area contributed by atoms with E-state index in [-0.39, 0.29) is 11.3 Å². The van der Waals surface area contributed by atoms with Crippen LogP contribution in [0.2, 0.25) is 0 Å². The van der Waals surface area contributed by atoms with Crippen LogP contribution in [0.1, 0.15) is 10.4 Å². The van der Waals surface area contributed by atoms with Crippen LogP contribution >= 0.6 is 0 Å². The highest BCUT2D eigenvalue weighted by Crippen LogP contribution is 2.18. The maximum atomic E-state index is 10.9. The fourth-order valence-corrected chi connectivity index (χ4v) is 1.30. The van der Waals surface area contributed by atoms with Crippen LogP contribution in [0.25, 0.3) is 0 Å². The van der Waals surface area contributed by atoms with Crippen molar-refractivity contribution in [3.63, 3.8) is 0 Å². The summed E-state index contributed by atoms with van der Waals surface area (Å²) < 4.78 is 0. The summed E-state index contributed by atoms with van der Waals surface area (Å²) in [7, 11) is 0.